The molecule has 1 aromatic heterocycles. The van der Waals surface area contributed by atoms with Gasteiger partial charge in [-0.1, -0.05) is 5.16 Å². The fourth-order valence-corrected chi connectivity index (χ4v) is 2.81. The summed E-state index contributed by atoms with van der Waals surface area (Å²) in [5.41, 5.74) is 8.42. The molecule has 6 nitrogen and oxygen atoms in total. The number of aromatic nitrogens is 1. The third kappa shape index (κ3) is 3.44. The molecule has 2 rings (SSSR count). The molecule has 0 spiro atoms. The number of hydrogen-bond donors (Lipinski definition) is 2. The molecule has 116 valence electrons. The first-order valence-corrected chi connectivity index (χ1v) is 7.39. The second kappa shape index (κ2) is 6.76. The van der Waals surface area contributed by atoms with Gasteiger partial charge in [-0.15, -0.1) is 0 Å². The summed E-state index contributed by atoms with van der Waals surface area (Å²) >= 11 is 0. The van der Waals surface area contributed by atoms with E-state index in [1.54, 1.807) is 0 Å². The van der Waals surface area contributed by atoms with E-state index in [9.17, 15) is 0 Å². The van der Waals surface area contributed by atoms with Gasteiger partial charge in [0.1, 0.15) is 5.82 Å². The van der Waals surface area contributed by atoms with E-state index in [0.717, 1.165) is 49.6 Å². The molecule has 0 aromatic carbocycles. The lowest BCUT2D eigenvalue weighted by molar-refractivity contribution is 0.115. The molecular formula is C15H24N4O2. The number of likely N-dealkylation sites (N-methyl/N-ethyl adjacent to an activating group) is 1. The maximum absolute atomic E-state index is 9.04. The van der Waals surface area contributed by atoms with Gasteiger partial charge < -0.3 is 20.6 Å². The van der Waals surface area contributed by atoms with Gasteiger partial charge in [-0.3, -0.25) is 0 Å². The number of oxime groups is 1. The number of rotatable bonds is 5. The quantitative estimate of drug-likeness (QED) is 0.374. The number of nitrogens with zero attached hydrogens (tertiary/aromatic N) is 3. The second-order valence-electron chi connectivity index (χ2n) is 5.44. The van der Waals surface area contributed by atoms with E-state index in [1.165, 1.54) is 0 Å². The summed E-state index contributed by atoms with van der Waals surface area (Å²) in [5, 5.41) is 12.2. The Bertz CT molecular complexity index is 525. The van der Waals surface area contributed by atoms with Crippen LogP contribution in [0.3, 0.4) is 0 Å². The van der Waals surface area contributed by atoms with E-state index in [-0.39, 0.29) is 11.9 Å². The Morgan fingerprint density at radius 3 is 2.90 bits per heavy atom. The minimum absolute atomic E-state index is 0.0980. The fraction of sp³-hybridized carbons (Fsp3) is 0.600. The summed E-state index contributed by atoms with van der Waals surface area (Å²) in [7, 11) is 0. The van der Waals surface area contributed by atoms with Gasteiger partial charge in [-0.2, -0.15) is 0 Å². The molecule has 1 aliphatic rings. The predicted octanol–water partition coefficient (Wildman–Crippen LogP) is 1.80. The van der Waals surface area contributed by atoms with Crippen molar-refractivity contribution in [3.8, 4) is 0 Å². The van der Waals surface area contributed by atoms with Gasteiger partial charge in [-0.05, 0) is 45.2 Å². The third-order valence-electron chi connectivity index (χ3n) is 3.82. The Kier molecular flexibility index (Phi) is 5.01. The van der Waals surface area contributed by atoms with Crippen LogP contribution in [0, 0.1) is 13.8 Å². The van der Waals surface area contributed by atoms with Crippen LogP contribution in [0.2, 0.25) is 0 Å². The van der Waals surface area contributed by atoms with E-state index in [1.807, 2.05) is 19.9 Å². The number of pyridine rings is 1. The highest BCUT2D eigenvalue weighted by atomic mass is 16.5. The van der Waals surface area contributed by atoms with Crippen molar-refractivity contribution in [1.29, 1.82) is 0 Å². The van der Waals surface area contributed by atoms with Crippen molar-refractivity contribution in [2.75, 3.05) is 24.6 Å². The largest absolute Gasteiger partial charge is 0.409 e. The lowest BCUT2D eigenvalue weighted by Gasteiger charge is -2.27. The summed E-state index contributed by atoms with van der Waals surface area (Å²) < 4.78 is 5.71. The van der Waals surface area contributed by atoms with Crippen molar-refractivity contribution in [2.24, 2.45) is 10.9 Å². The topological polar surface area (TPSA) is 84.0 Å². The van der Waals surface area contributed by atoms with Crippen LogP contribution < -0.4 is 10.6 Å². The fourth-order valence-electron chi connectivity index (χ4n) is 2.81. The van der Waals surface area contributed by atoms with Crippen molar-refractivity contribution in [1.82, 2.24) is 4.98 Å². The lowest BCUT2D eigenvalue weighted by Crippen LogP contribution is -2.35. The van der Waals surface area contributed by atoms with Crippen LogP contribution in [0.1, 0.15) is 36.6 Å². The first-order valence-electron chi connectivity index (χ1n) is 7.39. The van der Waals surface area contributed by atoms with Crippen LogP contribution in [-0.2, 0) is 4.74 Å². The Hall–Kier alpha value is -1.82. The zero-order chi connectivity index (χ0) is 15.4. The van der Waals surface area contributed by atoms with Crippen LogP contribution in [0.5, 0.6) is 0 Å². The van der Waals surface area contributed by atoms with Crippen molar-refractivity contribution in [3.63, 3.8) is 0 Å². The molecule has 1 fully saturated rings. The standard InChI is InChI=1S/C15H24N4O2/c1-4-19(9-12-6-5-7-21-12)15-13(14(16)18-20)10(2)8-11(3)17-15/h8,12,20H,4-7,9H2,1-3H3,(H2,16,18). The second-order valence-corrected chi connectivity index (χ2v) is 5.44. The van der Waals surface area contributed by atoms with E-state index in [0.29, 0.717) is 5.56 Å². The molecular weight excluding hydrogens is 268 g/mol. The average molecular weight is 292 g/mol. The van der Waals surface area contributed by atoms with E-state index < -0.39 is 0 Å². The minimum atomic E-state index is 0.0980. The molecule has 21 heavy (non-hydrogen) atoms. The van der Waals surface area contributed by atoms with Crippen LogP contribution in [0.4, 0.5) is 5.82 Å². The molecule has 0 saturated carbocycles. The monoisotopic (exact) mass is 292 g/mol. The van der Waals surface area contributed by atoms with Crippen LogP contribution in [0.15, 0.2) is 11.2 Å². The smallest absolute Gasteiger partial charge is 0.174 e. The molecule has 0 bridgehead atoms. The number of hydrogen-bond acceptors (Lipinski definition) is 5. The van der Waals surface area contributed by atoms with E-state index in [2.05, 4.69) is 22.0 Å². The maximum atomic E-state index is 9.04. The normalized spacial score (nSPS) is 19.0. The molecule has 2 heterocycles. The molecule has 1 saturated heterocycles. The Morgan fingerprint density at radius 2 is 2.33 bits per heavy atom. The van der Waals surface area contributed by atoms with Crippen LogP contribution in [-0.4, -0.2) is 41.8 Å². The van der Waals surface area contributed by atoms with Gasteiger partial charge in [0.15, 0.2) is 5.84 Å². The molecule has 6 heteroatoms. The van der Waals surface area contributed by atoms with Gasteiger partial charge in [0.05, 0.1) is 11.7 Å². The lowest BCUT2D eigenvalue weighted by atomic mass is 10.1. The predicted molar refractivity (Wildman–Crippen MR) is 83.1 cm³/mol. The van der Waals surface area contributed by atoms with Gasteiger partial charge in [0, 0.05) is 25.4 Å². The highest BCUT2D eigenvalue weighted by molar-refractivity contribution is 6.02. The molecule has 1 atom stereocenters. The van der Waals surface area contributed by atoms with Crippen molar-refractivity contribution < 1.29 is 9.94 Å². The van der Waals surface area contributed by atoms with E-state index in [4.69, 9.17) is 15.7 Å². The number of nitrogens with two attached hydrogens (primary N) is 1. The maximum Gasteiger partial charge on any atom is 0.174 e. The van der Waals surface area contributed by atoms with Gasteiger partial charge in [0.25, 0.3) is 0 Å². The number of amidine groups is 1. The van der Waals surface area contributed by atoms with Crippen LogP contribution >= 0.6 is 0 Å². The van der Waals surface area contributed by atoms with E-state index >= 15 is 0 Å². The van der Waals surface area contributed by atoms with Crippen molar-refractivity contribution in [2.45, 2.75) is 39.7 Å². The number of anilines is 1. The minimum Gasteiger partial charge on any atom is -0.409 e. The first-order chi connectivity index (χ1) is 10.1. The van der Waals surface area contributed by atoms with Gasteiger partial charge in [-0.25, -0.2) is 4.98 Å². The average Bonchev–Trinajstić information content (AvgIpc) is 2.96. The number of aryl methyl sites for hydroxylation is 2. The highest BCUT2D eigenvalue weighted by Crippen LogP contribution is 2.24. The Labute approximate surface area is 125 Å². The summed E-state index contributed by atoms with van der Waals surface area (Å²) in [6, 6.07) is 1.94. The summed E-state index contributed by atoms with van der Waals surface area (Å²) in [5.74, 6) is 0.863. The molecule has 1 unspecified atom stereocenters. The van der Waals surface area contributed by atoms with Crippen molar-refractivity contribution in [3.05, 3.63) is 22.9 Å². The zero-order valence-electron chi connectivity index (χ0n) is 13.0. The Balaban J connectivity index is 2.38. The van der Waals surface area contributed by atoms with Gasteiger partial charge >= 0.3 is 0 Å². The highest BCUT2D eigenvalue weighted by Gasteiger charge is 2.23. The Morgan fingerprint density at radius 1 is 1.57 bits per heavy atom. The molecule has 1 aromatic rings. The molecule has 0 amide bonds. The molecule has 1 aliphatic heterocycles. The SMILES string of the molecule is CCN(CC1CCCO1)c1nc(C)cc(C)c1C(N)=NO. The molecule has 3 N–H and O–H groups in total. The summed E-state index contributed by atoms with van der Waals surface area (Å²) in [6.45, 7) is 8.37. The summed E-state index contributed by atoms with van der Waals surface area (Å²) in [6.07, 6.45) is 2.41. The molecule has 0 aliphatic carbocycles. The third-order valence-corrected chi connectivity index (χ3v) is 3.82. The first kappa shape index (κ1) is 15.6. The van der Waals surface area contributed by atoms with Crippen molar-refractivity contribution >= 4 is 11.7 Å². The zero-order valence-corrected chi connectivity index (χ0v) is 13.0. The van der Waals surface area contributed by atoms with Gasteiger partial charge in [0.2, 0.25) is 0 Å². The number of ether oxygens (including phenoxy) is 1. The van der Waals surface area contributed by atoms with Crippen LogP contribution in [0.25, 0.3) is 0 Å². The summed E-state index contributed by atoms with van der Waals surface area (Å²) in [4.78, 5) is 6.76. The molecule has 0 radical (unpaired) electrons.